The van der Waals surface area contributed by atoms with Crippen LogP contribution < -0.4 is 0 Å². The van der Waals surface area contributed by atoms with E-state index >= 15 is 4.39 Å². The lowest BCUT2D eigenvalue weighted by Crippen LogP contribution is -2.48. The van der Waals surface area contributed by atoms with Gasteiger partial charge in [-0.05, 0) is 36.1 Å². The number of hydrogen-bond acceptors (Lipinski definition) is 3. The molecule has 0 saturated carbocycles. The minimum Gasteiger partial charge on any atom is -0.296 e. The van der Waals surface area contributed by atoms with Crippen molar-refractivity contribution in [1.82, 2.24) is 4.31 Å². The summed E-state index contributed by atoms with van der Waals surface area (Å²) in [5.41, 5.74) is 0.949. The fourth-order valence-electron chi connectivity index (χ4n) is 3.58. The van der Waals surface area contributed by atoms with Crippen molar-refractivity contribution in [3.05, 3.63) is 65.2 Å². The second-order valence-electron chi connectivity index (χ2n) is 8.18. The highest BCUT2D eigenvalue weighted by atomic mass is 32.2. The summed E-state index contributed by atoms with van der Waals surface area (Å²) >= 11 is 0. The molecule has 1 heterocycles. The predicted octanol–water partition coefficient (Wildman–Crippen LogP) is 4.42. The second-order valence-corrected chi connectivity index (χ2v) is 10.1. The zero-order chi connectivity index (χ0) is 21.2. The van der Waals surface area contributed by atoms with E-state index in [0.29, 0.717) is 5.92 Å². The lowest BCUT2D eigenvalue weighted by molar-refractivity contribution is -0.132. The number of hydrogen-bond donors (Lipinski definition) is 0. The van der Waals surface area contributed by atoms with Crippen molar-refractivity contribution in [2.75, 3.05) is 13.1 Å². The number of aryl methyl sites for hydroxylation is 1. The van der Waals surface area contributed by atoms with Crippen LogP contribution in [0.3, 0.4) is 0 Å². The van der Waals surface area contributed by atoms with Crippen LogP contribution >= 0.6 is 0 Å². The van der Waals surface area contributed by atoms with Crippen molar-refractivity contribution in [3.63, 3.8) is 0 Å². The Morgan fingerprint density at radius 3 is 2.10 bits per heavy atom. The highest BCUT2D eigenvalue weighted by Gasteiger charge is 2.43. The number of carbonyl (C=O) groups excluding carboxylic acids is 1. The van der Waals surface area contributed by atoms with Gasteiger partial charge in [-0.3, -0.25) is 4.79 Å². The Labute approximate surface area is 172 Å². The van der Waals surface area contributed by atoms with E-state index in [-0.39, 0.29) is 37.2 Å². The molecule has 2 aromatic rings. The molecule has 0 unspecified atom stereocenters. The number of halogens is 1. The molecule has 0 spiro atoms. The molecular formula is C23H28FNO3S. The fourth-order valence-corrected chi connectivity index (χ4v) is 5.02. The molecule has 156 valence electrons. The maximum Gasteiger partial charge on any atom is 0.243 e. The molecule has 29 heavy (non-hydrogen) atoms. The third-order valence-corrected chi connectivity index (χ3v) is 7.60. The van der Waals surface area contributed by atoms with Gasteiger partial charge in [0.2, 0.25) is 10.0 Å². The van der Waals surface area contributed by atoms with Crippen molar-refractivity contribution in [1.29, 1.82) is 0 Å². The van der Waals surface area contributed by atoms with E-state index < -0.39 is 21.5 Å². The van der Waals surface area contributed by atoms with Crippen molar-refractivity contribution in [2.24, 2.45) is 0 Å². The van der Waals surface area contributed by atoms with Gasteiger partial charge in [0.15, 0.2) is 11.5 Å². The minimum atomic E-state index is -3.67. The van der Waals surface area contributed by atoms with Crippen LogP contribution in [0.15, 0.2) is 53.4 Å². The van der Waals surface area contributed by atoms with Gasteiger partial charge >= 0.3 is 0 Å². The second kappa shape index (κ2) is 8.36. The first-order valence-electron chi connectivity index (χ1n) is 10.00. The summed E-state index contributed by atoms with van der Waals surface area (Å²) in [6.45, 7) is 6.08. The predicted molar refractivity (Wildman–Crippen MR) is 112 cm³/mol. The molecule has 0 N–H and O–H groups in total. The molecule has 4 nitrogen and oxygen atoms in total. The average Bonchev–Trinajstić information content (AvgIpc) is 2.69. The number of carbonyl (C=O) groups is 1. The number of ketones is 1. The summed E-state index contributed by atoms with van der Waals surface area (Å²) in [6, 6.07) is 14.3. The van der Waals surface area contributed by atoms with Gasteiger partial charge in [-0.15, -0.1) is 0 Å². The molecule has 3 rings (SSSR count). The molecule has 1 aliphatic heterocycles. The molecule has 0 bridgehead atoms. The summed E-state index contributed by atoms with van der Waals surface area (Å²) in [6.07, 6.45) is -0.193. The summed E-state index contributed by atoms with van der Waals surface area (Å²) in [7, 11) is -3.67. The molecule has 1 saturated heterocycles. The summed E-state index contributed by atoms with van der Waals surface area (Å²) in [5.74, 6) is -0.0748. The van der Waals surface area contributed by atoms with Gasteiger partial charge < -0.3 is 0 Å². The number of Topliss-reactive ketones (excluding diaryl/α,β-unsaturated/α-hetero) is 1. The smallest absolute Gasteiger partial charge is 0.243 e. The SMILES string of the molecule is Cc1ccc(S(=O)(=O)N2CCC(F)(C(=O)Cc3ccc(C(C)C)cc3)CC2)cc1. The van der Waals surface area contributed by atoms with E-state index in [1.54, 1.807) is 24.3 Å². The van der Waals surface area contributed by atoms with Crippen LogP contribution in [0.2, 0.25) is 0 Å². The number of rotatable bonds is 6. The third kappa shape index (κ3) is 4.75. The summed E-state index contributed by atoms with van der Waals surface area (Å²) in [5, 5.41) is 0. The Kier molecular flexibility index (Phi) is 6.24. The van der Waals surface area contributed by atoms with Crippen LogP contribution in [0.5, 0.6) is 0 Å². The van der Waals surface area contributed by atoms with Gasteiger partial charge in [0.1, 0.15) is 0 Å². The van der Waals surface area contributed by atoms with E-state index in [0.717, 1.165) is 11.1 Å². The molecule has 1 aliphatic rings. The zero-order valence-electron chi connectivity index (χ0n) is 17.2. The van der Waals surface area contributed by atoms with E-state index in [1.807, 2.05) is 31.2 Å². The van der Waals surface area contributed by atoms with Crippen molar-refractivity contribution >= 4 is 15.8 Å². The minimum absolute atomic E-state index is 0.00470. The van der Waals surface area contributed by atoms with Crippen LogP contribution in [0.4, 0.5) is 4.39 Å². The Bertz CT molecular complexity index is 958. The zero-order valence-corrected chi connectivity index (χ0v) is 18.0. The van der Waals surface area contributed by atoms with Crippen molar-refractivity contribution in [2.45, 2.75) is 56.5 Å². The topological polar surface area (TPSA) is 54.5 Å². The van der Waals surface area contributed by atoms with Gasteiger partial charge in [-0.1, -0.05) is 55.8 Å². The van der Waals surface area contributed by atoms with Gasteiger partial charge in [-0.2, -0.15) is 4.31 Å². The van der Waals surface area contributed by atoms with Gasteiger partial charge in [0.05, 0.1) is 4.90 Å². The highest BCUT2D eigenvalue weighted by Crippen LogP contribution is 2.32. The Morgan fingerprint density at radius 1 is 1.03 bits per heavy atom. The van der Waals surface area contributed by atoms with Gasteiger partial charge in [0, 0.05) is 32.4 Å². The van der Waals surface area contributed by atoms with E-state index in [9.17, 15) is 13.2 Å². The van der Waals surface area contributed by atoms with E-state index in [2.05, 4.69) is 13.8 Å². The van der Waals surface area contributed by atoms with Crippen LogP contribution in [0.25, 0.3) is 0 Å². The number of nitrogens with zero attached hydrogens (tertiary/aromatic N) is 1. The highest BCUT2D eigenvalue weighted by molar-refractivity contribution is 7.89. The van der Waals surface area contributed by atoms with Gasteiger partial charge in [-0.25, -0.2) is 12.8 Å². The summed E-state index contributed by atoms with van der Waals surface area (Å²) in [4.78, 5) is 12.8. The van der Waals surface area contributed by atoms with Crippen molar-refractivity contribution in [3.8, 4) is 0 Å². The molecule has 1 fully saturated rings. The molecule has 0 aliphatic carbocycles. The maximum atomic E-state index is 15.3. The number of alkyl halides is 1. The molecule has 2 aromatic carbocycles. The first-order valence-corrected chi connectivity index (χ1v) is 11.4. The number of sulfonamides is 1. The van der Waals surface area contributed by atoms with Crippen LogP contribution in [-0.4, -0.2) is 37.3 Å². The van der Waals surface area contributed by atoms with E-state index in [1.165, 1.54) is 9.87 Å². The maximum absolute atomic E-state index is 15.3. The first-order chi connectivity index (χ1) is 13.6. The quantitative estimate of drug-likeness (QED) is 0.699. The third-order valence-electron chi connectivity index (χ3n) is 5.68. The summed E-state index contributed by atoms with van der Waals surface area (Å²) < 4.78 is 42.1. The average molecular weight is 418 g/mol. The standard InChI is InChI=1S/C23H28FNO3S/c1-17(2)20-8-6-19(7-9-20)16-22(26)23(24)12-14-25(15-13-23)29(27,28)21-10-4-18(3)5-11-21/h4-11,17H,12-16H2,1-3H3. The first kappa shape index (κ1) is 21.7. The molecule has 0 radical (unpaired) electrons. The van der Waals surface area contributed by atoms with Gasteiger partial charge in [0.25, 0.3) is 0 Å². The monoisotopic (exact) mass is 417 g/mol. The lowest BCUT2D eigenvalue weighted by Gasteiger charge is -2.34. The van der Waals surface area contributed by atoms with E-state index in [4.69, 9.17) is 0 Å². The number of piperidine rings is 1. The molecule has 6 heteroatoms. The largest absolute Gasteiger partial charge is 0.296 e. The normalized spacial score (nSPS) is 17.4. The molecule has 0 aromatic heterocycles. The Hall–Kier alpha value is -2.05. The Morgan fingerprint density at radius 2 is 1.59 bits per heavy atom. The lowest BCUT2D eigenvalue weighted by atomic mass is 9.86. The van der Waals surface area contributed by atoms with Crippen LogP contribution in [0, 0.1) is 6.92 Å². The van der Waals surface area contributed by atoms with Crippen molar-refractivity contribution < 1.29 is 17.6 Å². The fraction of sp³-hybridized carbons (Fsp3) is 0.435. The van der Waals surface area contributed by atoms with Crippen LogP contribution in [-0.2, 0) is 21.2 Å². The number of benzene rings is 2. The molecule has 0 amide bonds. The Balaban J connectivity index is 1.65. The molecular weight excluding hydrogens is 389 g/mol. The van der Waals surface area contributed by atoms with Crippen LogP contribution in [0.1, 0.15) is 49.3 Å². The molecule has 0 atom stereocenters.